The van der Waals surface area contributed by atoms with Gasteiger partial charge < -0.3 is 30.3 Å². The lowest BCUT2D eigenvalue weighted by molar-refractivity contribution is -0.144. The van der Waals surface area contributed by atoms with Gasteiger partial charge in [0.2, 0.25) is 23.6 Å². The fraction of sp³-hybridized carbons (Fsp3) is 0.400. The van der Waals surface area contributed by atoms with Crippen LogP contribution in [0.2, 0.25) is 0 Å². The van der Waals surface area contributed by atoms with E-state index in [2.05, 4.69) is 83.2 Å². The van der Waals surface area contributed by atoms with Crippen LogP contribution in [0.15, 0.2) is 115 Å². The van der Waals surface area contributed by atoms with Gasteiger partial charge in [0.25, 0.3) is 0 Å². The number of amides is 4. The minimum atomic E-state index is -0.886. The van der Waals surface area contributed by atoms with E-state index in [1.807, 2.05) is 81.7 Å². The molecule has 4 amide bonds. The number of thiazole rings is 1. The number of allylic oxidation sites excluding steroid dienone is 1. The van der Waals surface area contributed by atoms with E-state index in [1.165, 1.54) is 21.6 Å². The van der Waals surface area contributed by atoms with Gasteiger partial charge >= 0.3 is 0 Å². The van der Waals surface area contributed by atoms with Crippen LogP contribution in [0.4, 0.5) is 0 Å². The zero-order valence-corrected chi connectivity index (χ0v) is 40.7. The SMILES string of the molecule is CC/C(=C(\c1ccccc1)c1ccc(OCCN(C)C(=O)CCCCCCC(=O)NC(C(=O)N2C[C@H](O)C[C@H]2C(=O)NCc2ccc(-c3scnc3C)cc2)C(C)(C)C)cc1)c1ccccc1. The predicted molar refractivity (Wildman–Crippen MR) is 268 cm³/mol. The van der Waals surface area contributed by atoms with Gasteiger partial charge in [0, 0.05) is 39.4 Å². The number of aliphatic hydroxyl groups is 1. The molecule has 6 rings (SSSR count). The molecule has 2 heterocycles. The van der Waals surface area contributed by atoms with Crippen molar-refractivity contribution in [2.45, 2.75) is 111 Å². The van der Waals surface area contributed by atoms with Crippen LogP contribution >= 0.6 is 11.3 Å². The van der Waals surface area contributed by atoms with Crippen LogP contribution in [0, 0.1) is 12.3 Å². The summed E-state index contributed by atoms with van der Waals surface area (Å²) in [5.74, 6) is -0.188. The van der Waals surface area contributed by atoms with Gasteiger partial charge in [-0.3, -0.25) is 19.2 Å². The molecule has 1 aromatic heterocycles. The Bertz CT molecular complexity index is 2430. The van der Waals surface area contributed by atoms with E-state index < -0.39 is 23.6 Å². The molecule has 0 radical (unpaired) electrons. The van der Waals surface area contributed by atoms with Gasteiger partial charge in [-0.05, 0) is 82.7 Å². The summed E-state index contributed by atoms with van der Waals surface area (Å²) in [4.78, 5) is 62.2. The number of carbonyl (C=O) groups excluding carboxylic acids is 4. The van der Waals surface area contributed by atoms with Gasteiger partial charge in [0.05, 0.1) is 28.7 Å². The number of hydrogen-bond acceptors (Lipinski definition) is 8. The monoisotopic (exact) mass is 925 g/mol. The lowest BCUT2D eigenvalue weighted by Crippen LogP contribution is -2.57. The minimum absolute atomic E-state index is 0.0149. The standard InChI is InChI=1S/C55H67N5O6S/c1-7-46(40-18-12-10-13-19-40)50(41-20-14-11-15-21-41)42-28-30-45(31-29-42)66-33-32-59(6)49(63)23-17-9-8-16-22-48(62)58-52(55(3,4)5)54(65)60-36-44(61)34-47(60)53(64)56-35-39-24-26-43(27-25-39)51-38(2)57-37-67-51/h10-15,18-21,24-31,37,44,47,52,61H,7-9,16-17,22-23,32-36H2,1-6H3,(H,56,64)(H,58,62)/b50-46-/t44-,47+,52?/m1/s1. The third kappa shape index (κ3) is 14.0. The highest BCUT2D eigenvalue weighted by Crippen LogP contribution is 2.35. The summed E-state index contributed by atoms with van der Waals surface area (Å²) >= 11 is 1.58. The maximum atomic E-state index is 14.0. The van der Waals surface area contributed by atoms with Crippen molar-refractivity contribution in [3.63, 3.8) is 0 Å². The van der Waals surface area contributed by atoms with E-state index in [-0.39, 0.29) is 49.6 Å². The number of unbranched alkanes of at least 4 members (excludes halogenated alkanes) is 3. The fourth-order valence-electron chi connectivity index (χ4n) is 8.55. The molecule has 0 aliphatic carbocycles. The number of aryl methyl sites for hydroxylation is 1. The lowest BCUT2D eigenvalue weighted by atomic mass is 9.85. The van der Waals surface area contributed by atoms with Crippen LogP contribution in [0.25, 0.3) is 21.6 Å². The zero-order chi connectivity index (χ0) is 47.9. The molecule has 11 nitrogen and oxygen atoms in total. The van der Waals surface area contributed by atoms with E-state index in [0.29, 0.717) is 32.4 Å². The second-order valence-corrected chi connectivity index (χ2v) is 19.3. The smallest absolute Gasteiger partial charge is 0.246 e. The fourth-order valence-corrected chi connectivity index (χ4v) is 9.36. The van der Waals surface area contributed by atoms with Crippen molar-refractivity contribution in [3.8, 4) is 16.2 Å². The Morgan fingerprint density at radius 2 is 1.48 bits per heavy atom. The number of likely N-dealkylation sites (N-methyl/N-ethyl adjacent to an activating group) is 1. The number of nitrogens with zero attached hydrogens (tertiary/aromatic N) is 3. The molecular weight excluding hydrogens is 859 g/mol. The first-order chi connectivity index (χ1) is 32.2. The summed E-state index contributed by atoms with van der Waals surface area (Å²) in [5.41, 5.74) is 10.1. The minimum Gasteiger partial charge on any atom is -0.492 e. The van der Waals surface area contributed by atoms with E-state index in [9.17, 15) is 24.3 Å². The van der Waals surface area contributed by atoms with Crippen molar-refractivity contribution >= 4 is 46.1 Å². The quantitative estimate of drug-likeness (QED) is 0.0492. The number of ether oxygens (including phenoxy) is 1. The molecule has 0 bridgehead atoms. The second kappa shape index (κ2) is 24.1. The maximum absolute atomic E-state index is 14.0. The van der Waals surface area contributed by atoms with Crippen LogP contribution < -0.4 is 15.4 Å². The normalized spacial score (nSPS) is 15.7. The average molecular weight is 926 g/mol. The van der Waals surface area contributed by atoms with E-state index in [4.69, 9.17) is 4.74 Å². The van der Waals surface area contributed by atoms with Gasteiger partial charge in [-0.25, -0.2) is 4.98 Å². The van der Waals surface area contributed by atoms with Crippen LogP contribution in [0.3, 0.4) is 0 Å². The Labute approximate surface area is 400 Å². The first-order valence-corrected chi connectivity index (χ1v) is 24.5. The molecule has 1 fully saturated rings. The highest BCUT2D eigenvalue weighted by Gasteiger charge is 2.44. The van der Waals surface area contributed by atoms with E-state index in [1.54, 1.807) is 23.3 Å². The number of benzene rings is 4. The van der Waals surface area contributed by atoms with Crippen LogP contribution in [0.5, 0.6) is 5.75 Å². The molecule has 5 aromatic rings. The Morgan fingerprint density at radius 1 is 0.851 bits per heavy atom. The number of hydrogen-bond donors (Lipinski definition) is 3. The van der Waals surface area contributed by atoms with Crippen LogP contribution in [0.1, 0.15) is 107 Å². The highest BCUT2D eigenvalue weighted by molar-refractivity contribution is 7.13. The molecule has 354 valence electrons. The number of aliphatic hydroxyl groups excluding tert-OH is 1. The molecule has 1 aliphatic rings. The van der Waals surface area contributed by atoms with Crippen molar-refractivity contribution in [2.24, 2.45) is 5.41 Å². The number of nitrogens with one attached hydrogen (secondary N) is 2. The van der Waals surface area contributed by atoms with E-state index >= 15 is 0 Å². The number of β-amino-alcohol motifs (C(OH)–C–C–N with tert-alkyl or cyclic N) is 1. The Kier molecular flexibility index (Phi) is 18.1. The number of likely N-dealkylation sites (tertiary alicyclic amines) is 1. The molecule has 0 spiro atoms. The second-order valence-electron chi connectivity index (χ2n) is 18.5. The third-order valence-corrected chi connectivity index (χ3v) is 13.3. The predicted octanol–water partition coefficient (Wildman–Crippen LogP) is 9.47. The largest absolute Gasteiger partial charge is 0.492 e. The van der Waals surface area contributed by atoms with Gasteiger partial charge in [0.15, 0.2) is 0 Å². The van der Waals surface area contributed by atoms with Crippen LogP contribution in [-0.2, 0) is 25.7 Å². The molecule has 1 saturated heterocycles. The van der Waals surface area contributed by atoms with E-state index in [0.717, 1.165) is 57.8 Å². The van der Waals surface area contributed by atoms with Crippen LogP contribution in [-0.4, -0.2) is 88.5 Å². The molecular formula is C55H67N5O6S. The van der Waals surface area contributed by atoms with Gasteiger partial charge in [-0.1, -0.05) is 138 Å². The molecule has 3 N–H and O–H groups in total. The van der Waals surface area contributed by atoms with Crippen molar-refractivity contribution in [3.05, 3.63) is 143 Å². The van der Waals surface area contributed by atoms with Crippen molar-refractivity contribution in [1.82, 2.24) is 25.4 Å². The molecule has 0 saturated carbocycles. The topological polar surface area (TPSA) is 141 Å². The molecule has 3 atom stereocenters. The summed E-state index contributed by atoms with van der Waals surface area (Å²) in [6.45, 7) is 10.9. The maximum Gasteiger partial charge on any atom is 0.246 e. The Balaban J connectivity index is 0.900. The highest BCUT2D eigenvalue weighted by atomic mass is 32.1. The number of rotatable bonds is 21. The third-order valence-electron chi connectivity index (χ3n) is 12.4. The first kappa shape index (κ1) is 50.3. The molecule has 12 heteroatoms. The number of aromatic nitrogens is 1. The van der Waals surface area contributed by atoms with Gasteiger partial charge in [-0.2, -0.15) is 0 Å². The van der Waals surface area contributed by atoms with Gasteiger partial charge in [-0.15, -0.1) is 11.3 Å². The van der Waals surface area contributed by atoms with Gasteiger partial charge in [0.1, 0.15) is 24.4 Å². The Hall–Kier alpha value is -6.11. The summed E-state index contributed by atoms with van der Waals surface area (Å²) in [5, 5.41) is 16.5. The lowest BCUT2D eigenvalue weighted by Gasteiger charge is -2.35. The van der Waals surface area contributed by atoms with Crippen molar-refractivity contribution < 1.29 is 29.0 Å². The van der Waals surface area contributed by atoms with Crippen molar-refractivity contribution in [1.29, 1.82) is 0 Å². The molecule has 4 aromatic carbocycles. The summed E-state index contributed by atoms with van der Waals surface area (Å²) < 4.78 is 6.07. The zero-order valence-electron chi connectivity index (χ0n) is 39.9. The summed E-state index contributed by atoms with van der Waals surface area (Å²) in [7, 11) is 1.79. The number of carbonyl (C=O) groups is 4. The average Bonchev–Trinajstić information content (AvgIpc) is 3.95. The molecule has 1 unspecified atom stereocenters. The first-order valence-electron chi connectivity index (χ1n) is 23.6. The molecule has 1 aliphatic heterocycles. The summed E-state index contributed by atoms with van der Waals surface area (Å²) in [6, 6.07) is 35.3. The molecule has 67 heavy (non-hydrogen) atoms. The summed E-state index contributed by atoms with van der Waals surface area (Å²) in [6.07, 6.45) is 3.67. The Morgan fingerprint density at radius 3 is 2.09 bits per heavy atom. The van der Waals surface area contributed by atoms with Crippen molar-refractivity contribution in [2.75, 3.05) is 26.7 Å².